The number of halogens is 1. The predicted octanol–water partition coefficient (Wildman–Crippen LogP) is 0.584. The highest BCUT2D eigenvalue weighted by molar-refractivity contribution is 7.87. The Hall–Kier alpha value is 0.120. The molecule has 0 fully saturated rings. The molecular formula is C9H24ClN3O2S. The van der Waals surface area contributed by atoms with Gasteiger partial charge in [-0.15, -0.1) is 12.4 Å². The minimum absolute atomic E-state index is 0. The number of nitrogens with zero attached hydrogens (tertiary/aromatic N) is 1. The van der Waals surface area contributed by atoms with Crippen LogP contribution < -0.4 is 10.0 Å². The molecule has 0 atom stereocenters. The lowest BCUT2D eigenvalue weighted by Gasteiger charge is -2.17. The lowest BCUT2D eigenvalue weighted by molar-refractivity contribution is 0.448. The van der Waals surface area contributed by atoms with Crippen LogP contribution in [0.15, 0.2) is 0 Å². The Morgan fingerprint density at radius 1 is 1.19 bits per heavy atom. The normalized spacial score (nSPS) is 11.5. The Balaban J connectivity index is 0. The van der Waals surface area contributed by atoms with E-state index in [2.05, 4.69) is 10.0 Å². The Kier molecular flexibility index (Phi) is 11.9. The van der Waals surface area contributed by atoms with Crippen molar-refractivity contribution in [3.05, 3.63) is 0 Å². The van der Waals surface area contributed by atoms with Crippen LogP contribution in [-0.4, -0.2) is 45.9 Å². The maximum atomic E-state index is 11.6. The fourth-order valence-corrected chi connectivity index (χ4v) is 2.01. The van der Waals surface area contributed by atoms with Gasteiger partial charge in [0.05, 0.1) is 0 Å². The van der Waals surface area contributed by atoms with E-state index in [4.69, 9.17) is 0 Å². The molecule has 0 saturated carbocycles. The second-order valence-corrected chi connectivity index (χ2v) is 5.29. The third-order valence-electron chi connectivity index (χ3n) is 2.07. The molecule has 0 aromatic rings. The van der Waals surface area contributed by atoms with Crippen molar-refractivity contribution < 1.29 is 8.42 Å². The molecule has 0 bridgehead atoms. The standard InChI is InChI=1S/C9H23N3O2S.ClH/c1-4-6-9-12(3)15(13,14)11-8-7-10-5-2;/h10-11H,4-9H2,1-3H3;1H. The van der Waals surface area contributed by atoms with E-state index in [1.807, 2.05) is 13.8 Å². The quantitative estimate of drug-likeness (QED) is 0.605. The summed E-state index contributed by atoms with van der Waals surface area (Å²) >= 11 is 0. The molecule has 0 rings (SSSR count). The summed E-state index contributed by atoms with van der Waals surface area (Å²) in [7, 11) is -1.67. The molecule has 0 aliphatic heterocycles. The summed E-state index contributed by atoms with van der Waals surface area (Å²) in [5, 5.41) is 3.06. The van der Waals surface area contributed by atoms with Gasteiger partial charge in [-0.25, -0.2) is 4.72 Å². The van der Waals surface area contributed by atoms with Crippen LogP contribution >= 0.6 is 12.4 Å². The van der Waals surface area contributed by atoms with E-state index >= 15 is 0 Å². The summed E-state index contributed by atoms with van der Waals surface area (Å²) in [4.78, 5) is 0. The van der Waals surface area contributed by atoms with Gasteiger partial charge in [0.25, 0.3) is 10.2 Å². The molecule has 2 N–H and O–H groups in total. The maximum absolute atomic E-state index is 11.6. The number of rotatable bonds is 9. The average molecular weight is 274 g/mol. The van der Waals surface area contributed by atoms with Gasteiger partial charge in [0.1, 0.15) is 0 Å². The molecule has 100 valence electrons. The van der Waals surface area contributed by atoms with Gasteiger partial charge in [-0.05, 0) is 13.0 Å². The van der Waals surface area contributed by atoms with Crippen molar-refractivity contribution in [1.29, 1.82) is 0 Å². The summed E-state index contributed by atoms with van der Waals surface area (Å²) in [6.07, 6.45) is 1.89. The molecule has 0 heterocycles. The molecule has 0 amide bonds. The summed E-state index contributed by atoms with van der Waals surface area (Å²) < 4.78 is 27.1. The van der Waals surface area contributed by atoms with E-state index in [-0.39, 0.29) is 12.4 Å². The third-order valence-corrected chi connectivity index (χ3v) is 3.65. The molecule has 0 radical (unpaired) electrons. The first-order valence-corrected chi connectivity index (χ1v) is 6.90. The van der Waals surface area contributed by atoms with E-state index in [9.17, 15) is 8.42 Å². The Bertz CT molecular complexity index is 247. The zero-order chi connectivity index (χ0) is 11.7. The van der Waals surface area contributed by atoms with Crippen LogP contribution in [0.4, 0.5) is 0 Å². The lowest BCUT2D eigenvalue weighted by atomic mass is 10.3. The van der Waals surface area contributed by atoms with Gasteiger partial charge in [-0.2, -0.15) is 12.7 Å². The summed E-state index contributed by atoms with van der Waals surface area (Å²) in [6, 6.07) is 0. The molecule has 0 saturated heterocycles. The Morgan fingerprint density at radius 2 is 1.81 bits per heavy atom. The van der Waals surface area contributed by atoms with Gasteiger partial charge in [-0.3, -0.25) is 0 Å². The van der Waals surface area contributed by atoms with E-state index in [0.717, 1.165) is 19.4 Å². The van der Waals surface area contributed by atoms with Gasteiger partial charge in [0, 0.05) is 26.7 Å². The molecule has 0 unspecified atom stereocenters. The van der Waals surface area contributed by atoms with E-state index in [0.29, 0.717) is 19.6 Å². The third kappa shape index (κ3) is 8.29. The van der Waals surface area contributed by atoms with Crippen LogP contribution in [0, 0.1) is 0 Å². The number of hydrogen-bond donors (Lipinski definition) is 2. The smallest absolute Gasteiger partial charge is 0.279 e. The summed E-state index contributed by atoms with van der Waals surface area (Å²) in [6.45, 7) is 6.56. The van der Waals surface area contributed by atoms with Crippen molar-refractivity contribution in [2.24, 2.45) is 0 Å². The van der Waals surface area contributed by atoms with Crippen molar-refractivity contribution in [1.82, 2.24) is 14.3 Å². The monoisotopic (exact) mass is 273 g/mol. The van der Waals surface area contributed by atoms with Crippen LogP contribution in [0.5, 0.6) is 0 Å². The van der Waals surface area contributed by atoms with Crippen molar-refractivity contribution in [3.8, 4) is 0 Å². The van der Waals surface area contributed by atoms with Gasteiger partial charge in [0.15, 0.2) is 0 Å². The average Bonchev–Trinajstić information content (AvgIpc) is 2.21. The van der Waals surface area contributed by atoms with E-state index in [1.165, 1.54) is 4.31 Å². The largest absolute Gasteiger partial charge is 0.316 e. The Labute approximate surface area is 106 Å². The minimum Gasteiger partial charge on any atom is -0.316 e. The van der Waals surface area contributed by atoms with Crippen LogP contribution in [0.25, 0.3) is 0 Å². The highest BCUT2D eigenvalue weighted by atomic mass is 35.5. The molecule has 0 aliphatic carbocycles. The summed E-state index contributed by atoms with van der Waals surface area (Å²) in [5.74, 6) is 0. The van der Waals surface area contributed by atoms with Crippen molar-refractivity contribution in [3.63, 3.8) is 0 Å². The number of nitrogens with one attached hydrogen (secondary N) is 2. The maximum Gasteiger partial charge on any atom is 0.279 e. The lowest BCUT2D eigenvalue weighted by Crippen LogP contribution is -2.41. The Morgan fingerprint density at radius 3 is 2.31 bits per heavy atom. The molecule has 0 aromatic carbocycles. The topological polar surface area (TPSA) is 61.4 Å². The van der Waals surface area contributed by atoms with Gasteiger partial charge < -0.3 is 5.32 Å². The zero-order valence-corrected chi connectivity index (χ0v) is 12.0. The van der Waals surface area contributed by atoms with Crippen LogP contribution in [0.3, 0.4) is 0 Å². The van der Waals surface area contributed by atoms with E-state index in [1.54, 1.807) is 7.05 Å². The summed E-state index contributed by atoms with van der Waals surface area (Å²) in [5.41, 5.74) is 0. The molecule has 0 aromatic heterocycles. The first-order valence-electron chi connectivity index (χ1n) is 5.46. The van der Waals surface area contributed by atoms with Crippen molar-refractivity contribution in [2.75, 3.05) is 33.2 Å². The molecule has 7 heteroatoms. The first kappa shape index (κ1) is 18.5. The molecule has 0 spiro atoms. The highest BCUT2D eigenvalue weighted by Gasteiger charge is 2.15. The van der Waals surface area contributed by atoms with Crippen molar-refractivity contribution >= 4 is 22.6 Å². The van der Waals surface area contributed by atoms with Gasteiger partial charge in [0.2, 0.25) is 0 Å². The molecular weight excluding hydrogens is 250 g/mol. The van der Waals surface area contributed by atoms with Gasteiger partial charge >= 0.3 is 0 Å². The van der Waals surface area contributed by atoms with Crippen molar-refractivity contribution in [2.45, 2.75) is 26.7 Å². The fraction of sp³-hybridized carbons (Fsp3) is 1.00. The van der Waals surface area contributed by atoms with Gasteiger partial charge in [-0.1, -0.05) is 20.3 Å². The zero-order valence-electron chi connectivity index (χ0n) is 10.3. The number of unbranched alkanes of at least 4 members (excludes halogenated alkanes) is 1. The highest BCUT2D eigenvalue weighted by Crippen LogP contribution is 1.97. The first-order chi connectivity index (χ1) is 7.04. The second kappa shape index (κ2) is 10.3. The van der Waals surface area contributed by atoms with Crippen LogP contribution in [0.1, 0.15) is 26.7 Å². The predicted molar refractivity (Wildman–Crippen MR) is 70.3 cm³/mol. The molecule has 16 heavy (non-hydrogen) atoms. The van der Waals surface area contributed by atoms with E-state index < -0.39 is 10.2 Å². The molecule has 5 nitrogen and oxygen atoms in total. The number of hydrogen-bond acceptors (Lipinski definition) is 3. The molecule has 0 aliphatic rings. The fourth-order valence-electron chi connectivity index (χ4n) is 1.06. The van der Waals surface area contributed by atoms with Crippen LogP contribution in [-0.2, 0) is 10.2 Å². The number of likely N-dealkylation sites (N-methyl/N-ethyl adjacent to an activating group) is 1. The minimum atomic E-state index is -3.27. The van der Waals surface area contributed by atoms with Crippen LogP contribution in [0.2, 0.25) is 0 Å². The second-order valence-electron chi connectivity index (χ2n) is 3.43. The SMILES string of the molecule is CCCCN(C)S(=O)(=O)NCCNCC.Cl.